The third kappa shape index (κ3) is 3.90. The molecule has 3 rings (SSSR count). The molecule has 0 unspecified atom stereocenters. The van der Waals surface area contributed by atoms with Gasteiger partial charge in [0.1, 0.15) is 11.4 Å². The third-order valence-corrected chi connectivity index (χ3v) is 4.19. The minimum absolute atomic E-state index is 0.434. The smallest absolute Gasteiger partial charge is 0.254 e. The minimum Gasteiger partial charge on any atom is -0.369 e. The lowest BCUT2D eigenvalue weighted by Crippen LogP contribution is -2.36. The van der Waals surface area contributed by atoms with Crippen LogP contribution in [0.4, 0.5) is 5.82 Å². The van der Waals surface area contributed by atoms with Crippen molar-refractivity contribution in [2.45, 2.75) is 19.4 Å². The van der Waals surface area contributed by atoms with E-state index in [0.717, 1.165) is 44.8 Å². The van der Waals surface area contributed by atoms with Gasteiger partial charge in [0.15, 0.2) is 0 Å². The number of amides is 1. The van der Waals surface area contributed by atoms with E-state index in [1.165, 1.54) is 5.56 Å². The Morgan fingerprint density at radius 1 is 1.39 bits per heavy atom. The number of fused-ring (bicyclic) bond motifs is 1. The maximum Gasteiger partial charge on any atom is 0.254 e. The summed E-state index contributed by atoms with van der Waals surface area (Å²) < 4.78 is 1.83. The summed E-state index contributed by atoms with van der Waals surface area (Å²) in [7, 11) is 0. The van der Waals surface area contributed by atoms with Crippen LogP contribution < -0.4 is 16.4 Å². The standard InChI is InChI=1S/C17H23N5O/c18-16(23)15-11-21-22-12-14(10-20-17(15)22)9-19-8-4-7-13-5-2-1-3-6-13/h1-3,5-6,11,14,19-20H,4,7-10,12H2,(H2,18,23)/t14-/m1/s1. The number of nitrogens with one attached hydrogen (secondary N) is 2. The highest BCUT2D eigenvalue weighted by Crippen LogP contribution is 2.21. The summed E-state index contributed by atoms with van der Waals surface area (Å²) in [6.07, 6.45) is 3.77. The number of hydrogen-bond acceptors (Lipinski definition) is 4. The van der Waals surface area contributed by atoms with Gasteiger partial charge in [0.05, 0.1) is 6.20 Å². The van der Waals surface area contributed by atoms with Crippen molar-refractivity contribution in [3.63, 3.8) is 0 Å². The normalized spacial score (nSPS) is 16.6. The number of rotatable bonds is 7. The molecular formula is C17H23N5O. The van der Waals surface area contributed by atoms with E-state index < -0.39 is 5.91 Å². The Bertz CT molecular complexity index is 652. The van der Waals surface area contributed by atoms with Gasteiger partial charge in [-0.2, -0.15) is 5.10 Å². The molecule has 1 aromatic heterocycles. The van der Waals surface area contributed by atoms with Crippen LogP contribution in [-0.4, -0.2) is 35.3 Å². The zero-order valence-corrected chi connectivity index (χ0v) is 13.2. The molecular weight excluding hydrogens is 290 g/mol. The molecule has 0 fully saturated rings. The number of primary amides is 1. The first-order valence-corrected chi connectivity index (χ1v) is 8.08. The van der Waals surface area contributed by atoms with E-state index in [2.05, 4.69) is 40.0 Å². The van der Waals surface area contributed by atoms with Crippen LogP contribution in [0.5, 0.6) is 0 Å². The fourth-order valence-electron chi connectivity index (χ4n) is 2.95. The van der Waals surface area contributed by atoms with Crippen molar-refractivity contribution < 1.29 is 4.79 Å². The molecule has 6 heteroatoms. The lowest BCUT2D eigenvalue weighted by molar-refractivity contribution is 0.100. The first-order valence-electron chi connectivity index (χ1n) is 8.08. The van der Waals surface area contributed by atoms with E-state index in [1.54, 1.807) is 6.20 Å². The quantitative estimate of drug-likeness (QED) is 0.672. The number of carbonyl (C=O) groups excluding carboxylic acids is 1. The molecule has 23 heavy (non-hydrogen) atoms. The number of aryl methyl sites for hydroxylation is 1. The Balaban J connectivity index is 1.39. The maximum atomic E-state index is 11.3. The van der Waals surface area contributed by atoms with Gasteiger partial charge in [-0.25, -0.2) is 4.68 Å². The summed E-state index contributed by atoms with van der Waals surface area (Å²) >= 11 is 0. The zero-order valence-electron chi connectivity index (χ0n) is 13.2. The SMILES string of the molecule is NC(=O)c1cnn2c1NC[C@@H](CNCCCc1ccccc1)C2. The predicted molar refractivity (Wildman–Crippen MR) is 90.4 cm³/mol. The lowest BCUT2D eigenvalue weighted by atomic mass is 10.1. The monoisotopic (exact) mass is 313 g/mol. The Labute approximate surface area is 136 Å². The second-order valence-corrected chi connectivity index (χ2v) is 5.99. The van der Waals surface area contributed by atoms with Gasteiger partial charge in [-0.15, -0.1) is 0 Å². The Morgan fingerprint density at radius 3 is 3.00 bits per heavy atom. The van der Waals surface area contributed by atoms with Crippen molar-refractivity contribution in [2.24, 2.45) is 11.7 Å². The summed E-state index contributed by atoms with van der Waals surface area (Å²) in [5, 5.41) is 11.0. The minimum atomic E-state index is -0.434. The van der Waals surface area contributed by atoms with E-state index in [-0.39, 0.29) is 0 Å². The largest absolute Gasteiger partial charge is 0.369 e. The number of carbonyl (C=O) groups is 1. The van der Waals surface area contributed by atoms with Crippen LogP contribution in [-0.2, 0) is 13.0 Å². The maximum absolute atomic E-state index is 11.3. The summed E-state index contributed by atoms with van der Waals surface area (Å²) in [4.78, 5) is 11.3. The molecule has 0 radical (unpaired) electrons. The number of aromatic nitrogens is 2. The highest BCUT2D eigenvalue weighted by atomic mass is 16.1. The highest BCUT2D eigenvalue weighted by molar-refractivity contribution is 5.97. The first-order chi connectivity index (χ1) is 11.2. The first kappa shape index (κ1) is 15.6. The summed E-state index contributed by atoms with van der Waals surface area (Å²) in [6.45, 7) is 3.58. The zero-order chi connectivity index (χ0) is 16.1. The van der Waals surface area contributed by atoms with Crippen LogP contribution in [0, 0.1) is 5.92 Å². The molecule has 1 aliphatic heterocycles. The molecule has 122 valence electrons. The fourth-order valence-corrected chi connectivity index (χ4v) is 2.95. The summed E-state index contributed by atoms with van der Waals surface area (Å²) in [5.41, 5.74) is 7.19. The molecule has 0 saturated heterocycles. The van der Waals surface area contributed by atoms with Crippen LogP contribution >= 0.6 is 0 Å². The molecule has 0 spiro atoms. The number of hydrogen-bond donors (Lipinski definition) is 3. The second-order valence-electron chi connectivity index (χ2n) is 5.99. The van der Waals surface area contributed by atoms with E-state index in [1.807, 2.05) is 10.7 Å². The van der Waals surface area contributed by atoms with Gasteiger partial charge in [0.25, 0.3) is 5.91 Å². The van der Waals surface area contributed by atoms with E-state index >= 15 is 0 Å². The van der Waals surface area contributed by atoms with Gasteiger partial charge >= 0.3 is 0 Å². The molecule has 0 aliphatic carbocycles. The van der Waals surface area contributed by atoms with Gasteiger partial charge < -0.3 is 16.4 Å². The molecule has 6 nitrogen and oxygen atoms in total. The molecule has 2 aromatic rings. The molecule has 0 bridgehead atoms. The van der Waals surface area contributed by atoms with Gasteiger partial charge in [0.2, 0.25) is 0 Å². The summed E-state index contributed by atoms with van der Waals surface area (Å²) in [6, 6.07) is 10.5. The Hall–Kier alpha value is -2.34. The molecule has 0 saturated carbocycles. The Morgan fingerprint density at radius 2 is 2.22 bits per heavy atom. The third-order valence-electron chi connectivity index (χ3n) is 4.19. The number of nitrogens with two attached hydrogens (primary N) is 1. The highest BCUT2D eigenvalue weighted by Gasteiger charge is 2.23. The molecule has 1 aromatic carbocycles. The average Bonchev–Trinajstić information content (AvgIpc) is 2.99. The van der Waals surface area contributed by atoms with E-state index in [4.69, 9.17) is 5.73 Å². The molecule has 2 heterocycles. The van der Waals surface area contributed by atoms with E-state index in [9.17, 15) is 4.79 Å². The lowest BCUT2D eigenvalue weighted by Gasteiger charge is -2.25. The van der Waals surface area contributed by atoms with Gasteiger partial charge in [-0.1, -0.05) is 30.3 Å². The molecule has 4 N–H and O–H groups in total. The van der Waals surface area contributed by atoms with Crippen molar-refractivity contribution in [3.8, 4) is 0 Å². The van der Waals surface area contributed by atoms with Gasteiger partial charge in [-0.05, 0) is 24.9 Å². The average molecular weight is 313 g/mol. The molecule has 1 aliphatic rings. The van der Waals surface area contributed by atoms with Crippen LogP contribution in [0.25, 0.3) is 0 Å². The van der Waals surface area contributed by atoms with Crippen molar-refractivity contribution in [2.75, 3.05) is 25.0 Å². The van der Waals surface area contributed by atoms with Crippen molar-refractivity contribution in [3.05, 3.63) is 47.7 Å². The van der Waals surface area contributed by atoms with Crippen LogP contribution in [0.1, 0.15) is 22.3 Å². The number of benzene rings is 1. The van der Waals surface area contributed by atoms with Crippen molar-refractivity contribution in [1.82, 2.24) is 15.1 Å². The molecule has 1 atom stereocenters. The van der Waals surface area contributed by atoms with Gasteiger partial charge in [0, 0.05) is 25.6 Å². The number of nitrogens with zero attached hydrogens (tertiary/aromatic N) is 2. The van der Waals surface area contributed by atoms with Crippen LogP contribution in [0.15, 0.2) is 36.5 Å². The van der Waals surface area contributed by atoms with Crippen molar-refractivity contribution in [1.29, 1.82) is 0 Å². The molecule has 1 amide bonds. The predicted octanol–water partition coefficient (Wildman–Crippen LogP) is 1.25. The van der Waals surface area contributed by atoms with Crippen LogP contribution in [0.3, 0.4) is 0 Å². The Kier molecular flexibility index (Phi) is 4.92. The van der Waals surface area contributed by atoms with Crippen molar-refractivity contribution >= 4 is 11.7 Å². The summed E-state index contributed by atoms with van der Waals surface area (Å²) in [5.74, 6) is 0.772. The van der Waals surface area contributed by atoms with Gasteiger partial charge in [-0.3, -0.25) is 4.79 Å². The second kappa shape index (κ2) is 7.28. The topological polar surface area (TPSA) is 85.0 Å². The van der Waals surface area contributed by atoms with Crippen LogP contribution in [0.2, 0.25) is 0 Å². The number of anilines is 1. The van der Waals surface area contributed by atoms with E-state index in [0.29, 0.717) is 11.5 Å². The fraction of sp³-hybridized carbons (Fsp3) is 0.412.